The number of pyridine rings is 1. The minimum atomic E-state index is -0.759. The van der Waals surface area contributed by atoms with E-state index in [4.69, 9.17) is 0 Å². The predicted molar refractivity (Wildman–Crippen MR) is 53.2 cm³/mol. The maximum atomic E-state index is 12.7. The summed E-state index contributed by atoms with van der Waals surface area (Å²) in [6, 6.07) is 2.78. The molecule has 0 aliphatic heterocycles. The lowest BCUT2D eigenvalue weighted by Gasteiger charge is -2.20. The SMILES string of the molecule is O=C1CCC(c2ccc(F)c(=O)[nH]2)CC1. The van der Waals surface area contributed by atoms with Crippen LogP contribution in [0.3, 0.4) is 0 Å². The highest BCUT2D eigenvalue weighted by Gasteiger charge is 2.20. The van der Waals surface area contributed by atoms with Crippen molar-refractivity contribution in [1.29, 1.82) is 0 Å². The second-order valence-corrected chi connectivity index (χ2v) is 3.90. The first-order valence-corrected chi connectivity index (χ1v) is 5.07. The summed E-state index contributed by atoms with van der Waals surface area (Å²) in [5.41, 5.74) is 0.0679. The van der Waals surface area contributed by atoms with Gasteiger partial charge in [0.15, 0.2) is 5.82 Å². The highest BCUT2D eigenvalue weighted by atomic mass is 19.1. The average Bonchev–Trinajstić information content (AvgIpc) is 2.23. The van der Waals surface area contributed by atoms with E-state index in [0.717, 1.165) is 18.5 Å². The molecule has 1 N–H and O–H groups in total. The molecule has 1 aromatic rings. The van der Waals surface area contributed by atoms with Gasteiger partial charge in [0.05, 0.1) is 0 Å². The van der Waals surface area contributed by atoms with E-state index in [2.05, 4.69) is 4.98 Å². The quantitative estimate of drug-likeness (QED) is 0.765. The molecule has 0 unspecified atom stereocenters. The van der Waals surface area contributed by atoms with Crippen LogP contribution in [0.25, 0.3) is 0 Å². The second-order valence-electron chi connectivity index (χ2n) is 3.90. The Bertz CT molecular complexity index is 428. The smallest absolute Gasteiger partial charge is 0.284 e. The monoisotopic (exact) mass is 209 g/mol. The van der Waals surface area contributed by atoms with Crippen LogP contribution < -0.4 is 5.56 Å². The number of carbonyl (C=O) groups is 1. The zero-order valence-corrected chi connectivity index (χ0v) is 8.25. The molecule has 0 aromatic carbocycles. The largest absolute Gasteiger partial charge is 0.323 e. The number of halogens is 1. The molecule has 0 amide bonds. The van der Waals surface area contributed by atoms with Gasteiger partial charge in [-0.25, -0.2) is 4.39 Å². The zero-order valence-electron chi connectivity index (χ0n) is 8.25. The third-order valence-electron chi connectivity index (χ3n) is 2.87. The van der Waals surface area contributed by atoms with Gasteiger partial charge in [0, 0.05) is 18.5 Å². The molecule has 1 aromatic heterocycles. The molecule has 2 rings (SSSR count). The second kappa shape index (κ2) is 3.96. The first-order chi connectivity index (χ1) is 7.16. The molecule has 15 heavy (non-hydrogen) atoms. The number of aromatic nitrogens is 1. The van der Waals surface area contributed by atoms with E-state index in [1.807, 2.05) is 0 Å². The summed E-state index contributed by atoms with van der Waals surface area (Å²) in [7, 11) is 0. The maximum Gasteiger partial charge on any atom is 0.284 e. The Hall–Kier alpha value is -1.45. The van der Waals surface area contributed by atoms with Crippen LogP contribution in [-0.4, -0.2) is 10.8 Å². The minimum Gasteiger partial charge on any atom is -0.323 e. The summed E-state index contributed by atoms with van der Waals surface area (Å²) in [6.07, 6.45) is 2.62. The molecule has 0 atom stereocenters. The molecule has 0 radical (unpaired) electrons. The van der Waals surface area contributed by atoms with Gasteiger partial charge in [0.25, 0.3) is 5.56 Å². The van der Waals surface area contributed by atoms with E-state index in [0.29, 0.717) is 12.8 Å². The highest BCUT2D eigenvalue weighted by molar-refractivity contribution is 5.79. The van der Waals surface area contributed by atoms with Gasteiger partial charge in [-0.3, -0.25) is 9.59 Å². The van der Waals surface area contributed by atoms with E-state index in [1.54, 1.807) is 6.07 Å². The molecule has 0 spiro atoms. The van der Waals surface area contributed by atoms with Gasteiger partial charge in [0.1, 0.15) is 5.78 Å². The molecule has 0 saturated heterocycles. The Morgan fingerprint density at radius 2 is 1.87 bits per heavy atom. The van der Waals surface area contributed by atoms with Crippen molar-refractivity contribution < 1.29 is 9.18 Å². The third-order valence-corrected chi connectivity index (χ3v) is 2.87. The molecule has 4 heteroatoms. The summed E-state index contributed by atoms with van der Waals surface area (Å²) in [4.78, 5) is 24.6. The van der Waals surface area contributed by atoms with E-state index in [-0.39, 0.29) is 11.7 Å². The van der Waals surface area contributed by atoms with E-state index in [9.17, 15) is 14.0 Å². The van der Waals surface area contributed by atoms with Crippen LogP contribution in [-0.2, 0) is 4.79 Å². The Morgan fingerprint density at radius 3 is 2.47 bits per heavy atom. The lowest BCUT2D eigenvalue weighted by molar-refractivity contribution is -0.120. The molecule has 1 saturated carbocycles. The topological polar surface area (TPSA) is 49.9 Å². The van der Waals surface area contributed by atoms with Crippen LogP contribution in [0.2, 0.25) is 0 Å². The molecule has 1 heterocycles. The fourth-order valence-corrected chi connectivity index (χ4v) is 1.96. The highest BCUT2D eigenvalue weighted by Crippen LogP contribution is 2.29. The lowest BCUT2D eigenvalue weighted by atomic mass is 9.86. The van der Waals surface area contributed by atoms with Crippen LogP contribution in [0.5, 0.6) is 0 Å². The molecule has 1 aliphatic carbocycles. The van der Waals surface area contributed by atoms with E-state index >= 15 is 0 Å². The Labute approximate surface area is 86.3 Å². The van der Waals surface area contributed by atoms with Crippen molar-refractivity contribution in [2.45, 2.75) is 31.6 Å². The lowest BCUT2D eigenvalue weighted by Crippen LogP contribution is -2.18. The van der Waals surface area contributed by atoms with Gasteiger partial charge in [-0.1, -0.05) is 0 Å². The standard InChI is InChI=1S/C11H12FNO2/c12-9-5-6-10(13-11(9)15)7-1-3-8(14)4-2-7/h5-7H,1-4H2,(H,13,15). The number of hydrogen-bond acceptors (Lipinski definition) is 2. The number of hydrogen-bond donors (Lipinski definition) is 1. The van der Waals surface area contributed by atoms with Gasteiger partial charge >= 0.3 is 0 Å². The molecule has 1 aliphatic rings. The number of carbonyl (C=O) groups excluding carboxylic acids is 1. The number of rotatable bonds is 1. The maximum absolute atomic E-state index is 12.7. The average molecular weight is 209 g/mol. The van der Waals surface area contributed by atoms with Crippen molar-refractivity contribution in [1.82, 2.24) is 4.98 Å². The van der Waals surface area contributed by atoms with E-state index in [1.165, 1.54) is 6.07 Å². The van der Waals surface area contributed by atoms with Gasteiger partial charge in [0.2, 0.25) is 0 Å². The van der Waals surface area contributed by atoms with Crippen LogP contribution in [0.15, 0.2) is 16.9 Å². The Balaban J connectivity index is 2.19. The van der Waals surface area contributed by atoms with Gasteiger partial charge in [-0.15, -0.1) is 0 Å². The first kappa shape index (κ1) is 10.1. The van der Waals surface area contributed by atoms with Crippen molar-refractivity contribution in [2.75, 3.05) is 0 Å². The minimum absolute atomic E-state index is 0.191. The number of ketones is 1. The summed E-state index contributed by atoms with van der Waals surface area (Å²) in [5, 5.41) is 0. The van der Waals surface area contributed by atoms with Crippen LogP contribution >= 0.6 is 0 Å². The third kappa shape index (κ3) is 2.14. The molecule has 3 nitrogen and oxygen atoms in total. The van der Waals surface area contributed by atoms with Crippen molar-refractivity contribution in [3.8, 4) is 0 Å². The van der Waals surface area contributed by atoms with Crippen LogP contribution in [0, 0.1) is 5.82 Å². The van der Waals surface area contributed by atoms with Crippen molar-refractivity contribution in [3.05, 3.63) is 34.0 Å². The summed E-state index contributed by atoms with van der Waals surface area (Å²) in [5.74, 6) is -0.294. The Kier molecular flexibility index (Phi) is 2.66. The molecule has 80 valence electrons. The normalized spacial score (nSPS) is 18.1. The van der Waals surface area contributed by atoms with E-state index < -0.39 is 11.4 Å². The fraction of sp³-hybridized carbons (Fsp3) is 0.455. The van der Waals surface area contributed by atoms with Crippen molar-refractivity contribution >= 4 is 5.78 Å². The first-order valence-electron chi connectivity index (χ1n) is 5.07. The number of H-pyrrole nitrogens is 1. The van der Waals surface area contributed by atoms with Crippen LogP contribution in [0.1, 0.15) is 37.3 Å². The summed E-state index contributed by atoms with van der Waals surface area (Å²) in [6.45, 7) is 0. The Morgan fingerprint density at radius 1 is 1.20 bits per heavy atom. The predicted octanol–water partition coefficient (Wildman–Crippen LogP) is 1.74. The number of aromatic amines is 1. The summed E-state index contributed by atoms with van der Waals surface area (Å²) < 4.78 is 12.7. The number of Topliss-reactive ketones (excluding diaryl/α,β-unsaturated/α-hetero) is 1. The molecule has 0 bridgehead atoms. The van der Waals surface area contributed by atoms with Crippen molar-refractivity contribution in [3.63, 3.8) is 0 Å². The molecular weight excluding hydrogens is 197 g/mol. The zero-order chi connectivity index (χ0) is 10.8. The fourth-order valence-electron chi connectivity index (χ4n) is 1.96. The van der Waals surface area contributed by atoms with Gasteiger partial charge in [-0.05, 0) is 30.9 Å². The van der Waals surface area contributed by atoms with Gasteiger partial charge in [-0.2, -0.15) is 0 Å². The summed E-state index contributed by atoms with van der Waals surface area (Å²) >= 11 is 0. The molecular formula is C11H12FNO2. The number of nitrogens with one attached hydrogen (secondary N) is 1. The molecule has 1 fully saturated rings. The van der Waals surface area contributed by atoms with Crippen LogP contribution in [0.4, 0.5) is 4.39 Å². The van der Waals surface area contributed by atoms with Crippen molar-refractivity contribution in [2.24, 2.45) is 0 Å². The van der Waals surface area contributed by atoms with Gasteiger partial charge < -0.3 is 4.98 Å².